The molecule has 5 heteroatoms. The van der Waals surface area contributed by atoms with E-state index in [1.54, 1.807) is 23.5 Å². The Balaban J connectivity index is 2.07. The first-order valence-electron chi connectivity index (χ1n) is 5.76. The number of rotatable bonds is 3. The number of hydrogen-bond acceptors (Lipinski definition) is 3. The van der Waals surface area contributed by atoms with Crippen LogP contribution in [-0.4, -0.2) is 15.1 Å². The quantitative estimate of drug-likeness (QED) is 0.768. The monoisotopic (exact) mass is 274 g/mol. The number of nitrogens with one attached hydrogen (secondary N) is 1. The highest BCUT2D eigenvalue weighted by molar-refractivity contribution is 7.08. The molecule has 19 heavy (non-hydrogen) atoms. The highest BCUT2D eigenvalue weighted by atomic mass is 32.1. The molecule has 3 rings (SSSR count). The van der Waals surface area contributed by atoms with E-state index in [2.05, 4.69) is 9.97 Å². The number of aliphatic hydroxyl groups is 1. The van der Waals surface area contributed by atoms with Gasteiger partial charge in [-0.3, -0.25) is 0 Å². The number of aromatic nitrogens is 2. The van der Waals surface area contributed by atoms with E-state index >= 15 is 0 Å². The van der Waals surface area contributed by atoms with Gasteiger partial charge in [-0.15, -0.1) is 0 Å². The zero-order chi connectivity index (χ0) is 13.2. The predicted molar refractivity (Wildman–Crippen MR) is 73.2 cm³/mol. The van der Waals surface area contributed by atoms with Gasteiger partial charge in [0.15, 0.2) is 0 Å². The fraction of sp³-hybridized carbons (Fsp3) is 0.0714. The molecule has 0 aliphatic heterocycles. The second kappa shape index (κ2) is 4.95. The number of benzene rings is 1. The SMILES string of the molecule is OCc1nc(-c2ccc(F)cc2)[nH]c1-c1ccsc1. The largest absolute Gasteiger partial charge is 0.390 e. The Labute approximate surface area is 113 Å². The summed E-state index contributed by atoms with van der Waals surface area (Å²) in [6.07, 6.45) is 0. The smallest absolute Gasteiger partial charge is 0.138 e. The van der Waals surface area contributed by atoms with Crippen molar-refractivity contribution in [1.82, 2.24) is 9.97 Å². The Hall–Kier alpha value is -1.98. The normalized spacial score (nSPS) is 10.8. The fourth-order valence-corrected chi connectivity index (χ4v) is 2.56. The lowest BCUT2D eigenvalue weighted by Crippen LogP contribution is -1.86. The topological polar surface area (TPSA) is 48.9 Å². The third kappa shape index (κ3) is 2.30. The zero-order valence-corrected chi connectivity index (χ0v) is 10.7. The lowest BCUT2D eigenvalue weighted by atomic mass is 10.2. The van der Waals surface area contributed by atoms with E-state index in [4.69, 9.17) is 0 Å². The van der Waals surface area contributed by atoms with Crippen LogP contribution < -0.4 is 0 Å². The molecule has 0 saturated heterocycles. The number of imidazole rings is 1. The summed E-state index contributed by atoms with van der Waals surface area (Å²) in [5.41, 5.74) is 3.19. The Morgan fingerprint density at radius 3 is 2.58 bits per heavy atom. The summed E-state index contributed by atoms with van der Waals surface area (Å²) < 4.78 is 12.9. The van der Waals surface area contributed by atoms with Crippen LogP contribution in [0, 0.1) is 5.82 Å². The number of aromatic amines is 1. The van der Waals surface area contributed by atoms with E-state index in [0.717, 1.165) is 16.8 Å². The van der Waals surface area contributed by atoms with Crippen molar-refractivity contribution < 1.29 is 9.50 Å². The van der Waals surface area contributed by atoms with Crippen LogP contribution in [0.3, 0.4) is 0 Å². The molecule has 0 amide bonds. The average molecular weight is 274 g/mol. The molecule has 1 aromatic carbocycles. The summed E-state index contributed by atoms with van der Waals surface area (Å²) in [4.78, 5) is 7.55. The molecule has 2 heterocycles. The van der Waals surface area contributed by atoms with Gasteiger partial charge in [-0.05, 0) is 35.7 Å². The summed E-state index contributed by atoms with van der Waals surface area (Å²) in [5, 5.41) is 13.3. The molecule has 0 unspecified atom stereocenters. The van der Waals surface area contributed by atoms with E-state index in [9.17, 15) is 9.50 Å². The maximum Gasteiger partial charge on any atom is 0.138 e. The minimum absolute atomic E-state index is 0.136. The molecular weight excluding hydrogens is 263 g/mol. The minimum Gasteiger partial charge on any atom is -0.390 e. The van der Waals surface area contributed by atoms with E-state index < -0.39 is 0 Å². The number of aliphatic hydroxyl groups excluding tert-OH is 1. The summed E-state index contributed by atoms with van der Waals surface area (Å²) in [5.74, 6) is 0.348. The third-order valence-corrected chi connectivity index (χ3v) is 3.54. The molecule has 0 bridgehead atoms. The van der Waals surface area contributed by atoms with Gasteiger partial charge in [-0.25, -0.2) is 9.37 Å². The van der Waals surface area contributed by atoms with Crippen molar-refractivity contribution in [1.29, 1.82) is 0 Å². The molecule has 0 fully saturated rings. The van der Waals surface area contributed by atoms with Crippen molar-refractivity contribution in [3.8, 4) is 22.6 Å². The van der Waals surface area contributed by atoms with Crippen LogP contribution in [0.4, 0.5) is 4.39 Å². The molecule has 3 nitrogen and oxygen atoms in total. The summed E-state index contributed by atoms with van der Waals surface area (Å²) >= 11 is 1.58. The van der Waals surface area contributed by atoms with Crippen molar-refractivity contribution in [3.63, 3.8) is 0 Å². The van der Waals surface area contributed by atoms with Crippen LogP contribution in [0.15, 0.2) is 41.1 Å². The Bertz CT molecular complexity index is 674. The Morgan fingerprint density at radius 1 is 1.16 bits per heavy atom. The second-order valence-corrected chi connectivity index (χ2v) is 4.86. The number of thiophene rings is 1. The van der Waals surface area contributed by atoms with Gasteiger partial charge in [0.1, 0.15) is 11.6 Å². The van der Waals surface area contributed by atoms with E-state index in [-0.39, 0.29) is 12.4 Å². The molecule has 0 spiro atoms. The Kier molecular flexibility index (Phi) is 3.15. The number of H-pyrrole nitrogens is 1. The molecular formula is C14H11FN2OS. The molecule has 0 aliphatic carbocycles. The van der Waals surface area contributed by atoms with Crippen molar-refractivity contribution in [2.24, 2.45) is 0 Å². The standard InChI is InChI=1S/C14H11FN2OS/c15-11-3-1-9(2-4-11)14-16-12(7-18)13(17-14)10-5-6-19-8-10/h1-6,8,18H,7H2,(H,16,17). The van der Waals surface area contributed by atoms with Crippen LogP contribution in [0.2, 0.25) is 0 Å². The lowest BCUT2D eigenvalue weighted by Gasteiger charge is -1.96. The number of halogens is 1. The molecule has 0 radical (unpaired) electrons. The molecule has 96 valence electrons. The maximum absolute atomic E-state index is 12.9. The maximum atomic E-state index is 12.9. The van der Waals surface area contributed by atoms with Crippen LogP contribution in [0.25, 0.3) is 22.6 Å². The van der Waals surface area contributed by atoms with E-state index in [0.29, 0.717) is 11.5 Å². The van der Waals surface area contributed by atoms with Gasteiger partial charge >= 0.3 is 0 Å². The number of nitrogens with zero attached hydrogens (tertiary/aromatic N) is 1. The first-order valence-corrected chi connectivity index (χ1v) is 6.70. The zero-order valence-electron chi connectivity index (χ0n) is 9.93. The molecule has 2 aromatic heterocycles. The van der Waals surface area contributed by atoms with E-state index in [1.165, 1.54) is 12.1 Å². The minimum atomic E-state index is -0.282. The lowest BCUT2D eigenvalue weighted by molar-refractivity contribution is 0.278. The van der Waals surface area contributed by atoms with Crippen molar-refractivity contribution in [2.45, 2.75) is 6.61 Å². The van der Waals surface area contributed by atoms with E-state index in [1.807, 2.05) is 16.8 Å². The van der Waals surface area contributed by atoms with Gasteiger partial charge in [0.25, 0.3) is 0 Å². The highest BCUT2D eigenvalue weighted by Gasteiger charge is 2.12. The van der Waals surface area contributed by atoms with Crippen LogP contribution >= 0.6 is 11.3 Å². The van der Waals surface area contributed by atoms with Gasteiger partial charge in [0.05, 0.1) is 18.0 Å². The molecule has 0 atom stereocenters. The van der Waals surface area contributed by atoms with Crippen molar-refractivity contribution >= 4 is 11.3 Å². The molecule has 0 saturated carbocycles. The molecule has 0 aliphatic rings. The van der Waals surface area contributed by atoms with Crippen molar-refractivity contribution in [3.05, 3.63) is 52.6 Å². The van der Waals surface area contributed by atoms with Crippen LogP contribution in [0.5, 0.6) is 0 Å². The molecule has 2 N–H and O–H groups in total. The fourth-order valence-electron chi connectivity index (χ4n) is 1.91. The van der Waals surface area contributed by atoms with Crippen LogP contribution in [0.1, 0.15) is 5.69 Å². The first kappa shape index (κ1) is 12.1. The van der Waals surface area contributed by atoms with Crippen molar-refractivity contribution in [2.75, 3.05) is 0 Å². The van der Waals surface area contributed by atoms with Gasteiger partial charge in [-0.2, -0.15) is 11.3 Å². The Morgan fingerprint density at radius 2 is 1.95 bits per heavy atom. The average Bonchev–Trinajstić information content (AvgIpc) is 3.08. The van der Waals surface area contributed by atoms with Gasteiger partial charge in [0.2, 0.25) is 0 Å². The van der Waals surface area contributed by atoms with Gasteiger partial charge in [0, 0.05) is 16.5 Å². The van der Waals surface area contributed by atoms with Gasteiger partial charge in [-0.1, -0.05) is 0 Å². The second-order valence-electron chi connectivity index (χ2n) is 4.08. The number of hydrogen-bond donors (Lipinski definition) is 2. The molecule has 3 aromatic rings. The summed E-state index contributed by atoms with van der Waals surface area (Å²) in [6.45, 7) is -0.136. The van der Waals surface area contributed by atoms with Gasteiger partial charge < -0.3 is 10.1 Å². The van der Waals surface area contributed by atoms with Crippen LogP contribution in [-0.2, 0) is 6.61 Å². The summed E-state index contributed by atoms with van der Waals surface area (Å²) in [6, 6.07) is 8.06. The first-order chi connectivity index (χ1) is 9.28. The highest BCUT2D eigenvalue weighted by Crippen LogP contribution is 2.27. The summed E-state index contributed by atoms with van der Waals surface area (Å²) in [7, 11) is 0. The predicted octanol–water partition coefficient (Wildman–Crippen LogP) is 3.44. The third-order valence-electron chi connectivity index (χ3n) is 2.86.